The number of hydrogen-bond donors (Lipinski definition) is 1. The van der Waals surface area contributed by atoms with Crippen LogP contribution >= 0.6 is 0 Å². The van der Waals surface area contributed by atoms with Crippen molar-refractivity contribution in [3.8, 4) is 0 Å². The number of nitrogens with one attached hydrogen (secondary N) is 1. The van der Waals surface area contributed by atoms with E-state index in [1.54, 1.807) is 0 Å². The zero-order valence-electron chi connectivity index (χ0n) is 8.13. The van der Waals surface area contributed by atoms with E-state index in [-0.39, 0.29) is 6.10 Å². The Hall–Kier alpha value is -0.860. The fourth-order valence-corrected chi connectivity index (χ4v) is 1.71. The van der Waals surface area contributed by atoms with Gasteiger partial charge in [-0.05, 0) is 25.0 Å². The number of benzene rings is 1. The molecular weight excluding hydrogens is 162 g/mol. The average Bonchev–Trinajstić information content (AvgIpc) is 2.61. The number of ether oxygens (including phenoxy) is 1. The summed E-state index contributed by atoms with van der Waals surface area (Å²) in [5.41, 5.74) is 3.94. The van der Waals surface area contributed by atoms with Gasteiger partial charge in [0.05, 0.1) is 12.8 Å². The lowest BCUT2D eigenvalue weighted by molar-refractivity contribution is 0.114. The van der Waals surface area contributed by atoms with Crippen molar-refractivity contribution in [2.24, 2.45) is 0 Å². The molecule has 0 aliphatic carbocycles. The highest BCUT2D eigenvalue weighted by atomic mass is 16.5. The molecule has 2 heteroatoms. The maximum atomic E-state index is 5.56. The van der Waals surface area contributed by atoms with Crippen molar-refractivity contribution in [3.63, 3.8) is 0 Å². The van der Waals surface area contributed by atoms with Crippen LogP contribution in [0.5, 0.6) is 0 Å². The van der Waals surface area contributed by atoms with Crippen LogP contribution in [0.4, 0.5) is 0 Å². The Bertz CT molecular complexity index is 303. The smallest absolute Gasteiger partial charge is 0.0975 e. The summed E-state index contributed by atoms with van der Waals surface area (Å²) in [6, 6.07) is 6.51. The molecule has 0 saturated carbocycles. The van der Waals surface area contributed by atoms with Gasteiger partial charge in [-0.1, -0.05) is 23.8 Å². The van der Waals surface area contributed by atoms with Crippen LogP contribution in [0.2, 0.25) is 0 Å². The molecule has 1 aromatic carbocycles. The fourth-order valence-electron chi connectivity index (χ4n) is 1.71. The summed E-state index contributed by atoms with van der Waals surface area (Å²) >= 11 is 0. The maximum absolute atomic E-state index is 5.56. The highest BCUT2D eigenvalue weighted by molar-refractivity contribution is 5.32. The molecule has 1 fully saturated rings. The Kier molecular flexibility index (Phi) is 2.34. The monoisotopic (exact) mass is 177 g/mol. The van der Waals surface area contributed by atoms with Gasteiger partial charge in [0.15, 0.2) is 0 Å². The molecule has 1 atom stereocenters. The van der Waals surface area contributed by atoms with E-state index >= 15 is 0 Å². The quantitative estimate of drug-likeness (QED) is 0.707. The lowest BCUT2D eigenvalue weighted by atomic mass is 10.0. The summed E-state index contributed by atoms with van der Waals surface area (Å²) in [5, 5.41) is 3.20. The Labute approximate surface area is 78.9 Å². The Morgan fingerprint density at radius 3 is 2.92 bits per heavy atom. The molecule has 1 saturated heterocycles. The van der Waals surface area contributed by atoms with Crippen molar-refractivity contribution in [3.05, 3.63) is 34.9 Å². The number of aryl methyl sites for hydroxylation is 2. The van der Waals surface area contributed by atoms with Crippen LogP contribution in [0.25, 0.3) is 0 Å². The van der Waals surface area contributed by atoms with Crippen molar-refractivity contribution in [2.75, 3.05) is 13.3 Å². The molecule has 1 aliphatic heterocycles. The predicted molar refractivity (Wildman–Crippen MR) is 52.6 cm³/mol. The minimum Gasteiger partial charge on any atom is -0.357 e. The third-order valence-corrected chi connectivity index (χ3v) is 2.50. The lowest BCUT2D eigenvalue weighted by Gasteiger charge is -2.12. The van der Waals surface area contributed by atoms with Gasteiger partial charge in [0.25, 0.3) is 0 Å². The molecule has 0 spiro atoms. The van der Waals surface area contributed by atoms with E-state index in [0.29, 0.717) is 6.73 Å². The largest absolute Gasteiger partial charge is 0.357 e. The van der Waals surface area contributed by atoms with Crippen molar-refractivity contribution < 1.29 is 4.74 Å². The minimum atomic E-state index is 0.250. The molecular formula is C11H15NO. The van der Waals surface area contributed by atoms with Gasteiger partial charge in [-0.15, -0.1) is 0 Å². The molecule has 0 bridgehead atoms. The molecule has 1 aliphatic rings. The second-order valence-corrected chi connectivity index (χ2v) is 3.61. The summed E-state index contributed by atoms with van der Waals surface area (Å²) in [4.78, 5) is 0. The van der Waals surface area contributed by atoms with Crippen LogP contribution in [-0.2, 0) is 4.74 Å². The van der Waals surface area contributed by atoms with E-state index in [2.05, 4.69) is 37.4 Å². The molecule has 2 rings (SSSR count). The molecule has 0 aromatic heterocycles. The molecule has 2 nitrogen and oxygen atoms in total. The Balaban J connectivity index is 2.32. The van der Waals surface area contributed by atoms with E-state index in [9.17, 15) is 0 Å². The Morgan fingerprint density at radius 1 is 1.38 bits per heavy atom. The molecule has 1 N–H and O–H groups in total. The molecule has 0 radical (unpaired) electrons. The number of rotatable bonds is 1. The van der Waals surface area contributed by atoms with Gasteiger partial charge in [0, 0.05) is 6.54 Å². The zero-order chi connectivity index (χ0) is 9.26. The van der Waals surface area contributed by atoms with E-state index in [4.69, 9.17) is 4.74 Å². The van der Waals surface area contributed by atoms with Crippen LogP contribution in [0, 0.1) is 13.8 Å². The van der Waals surface area contributed by atoms with Gasteiger partial charge in [-0.25, -0.2) is 0 Å². The zero-order valence-corrected chi connectivity index (χ0v) is 8.13. The van der Waals surface area contributed by atoms with Crippen molar-refractivity contribution in [1.82, 2.24) is 5.32 Å². The molecule has 13 heavy (non-hydrogen) atoms. The fraction of sp³-hybridized carbons (Fsp3) is 0.455. The summed E-state index contributed by atoms with van der Waals surface area (Å²) < 4.78 is 5.56. The second-order valence-electron chi connectivity index (χ2n) is 3.61. The first-order chi connectivity index (χ1) is 6.27. The van der Waals surface area contributed by atoms with E-state index in [0.717, 1.165) is 6.54 Å². The van der Waals surface area contributed by atoms with Crippen LogP contribution in [-0.4, -0.2) is 13.3 Å². The maximum Gasteiger partial charge on any atom is 0.0975 e. The molecule has 70 valence electrons. The van der Waals surface area contributed by atoms with Crippen molar-refractivity contribution >= 4 is 0 Å². The van der Waals surface area contributed by atoms with E-state index in [1.807, 2.05) is 0 Å². The standard InChI is InChI=1S/C11H15NO/c1-8-3-4-9(2)10(5-8)11-6-12-7-13-11/h3-5,11-12H,6-7H2,1-2H3. The second kappa shape index (κ2) is 3.48. The third kappa shape index (κ3) is 1.74. The SMILES string of the molecule is Cc1ccc(C)c(C2CNCO2)c1. The topological polar surface area (TPSA) is 21.3 Å². The van der Waals surface area contributed by atoms with Crippen molar-refractivity contribution in [2.45, 2.75) is 20.0 Å². The highest BCUT2D eigenvalue weighted by Gasteiger charge is 2.18. The van der Waals surface area contributed by atoms with Crippen LogP contribution in [0.1, 0.15) is 22.8 Å². The normalized spacial score (nSPS) is 22.2. The summed E-state index contributed by atoms with van der Waals surface area (Å²) in [7, 11) is 0. The molecule has 1 aromatic rings. The summed E-state index contributed by atoms with van der Waals surface area (Å²) in [5.74, 6) is 0. The first-order valence-electron chi connectivity index (χ1n) is 4.67. The van der Waals surface area contributed by atoms with Gasteiger partial charge < -0.3 is 4.74 Å². The lowest BCUT2D eigenvalue weighted by Crippen LogP contribution is -2.08. The minimum absolute atomic E-state index is 0.250. The van der Waals surface area contributed by atoms with E-state index in [1.165, 1.54) is 16.7 Å². The number of hydrogen-bond acceptors (Lipinski definition) is 2. The molecule has 1 heterocycles. The van der Waals surface area contributed by atoms with Crippen molar-refractivity contribution in [1.29, 1.82) is 0 Å². The first-order valence-corrected chi connectivity index (χ1v) is 4.67. The van der Waals surface area contributed by atoms with Crippen LogP contribution in [0.15, 0.2) is 18.2 Å². The molecule has 0 amide bonds. The van der Waals surface area contributed by atoms with Gasteiger partial charge in [-0.3, -0.25) is 5.32 Å². The molecule has 1 unspecified atom stereocenters. The van der Waals surface area contributed by atoms with E-state index < -0.39 is 0 Å². The highest BCUT2D eigenvalue weighted by Crippen LogP contribution is 2.23. The van der Waals surface area contributed by atoms with Gasteiger partial charge >= 0.3 is 0 Å². The van der Waals surface area contributed by atoms with Crippen LogP contribution < -0.4 is 5.32 Å². The van der Waals surface area contributed by atoms with Gasteiger partial charge in [0.2, 0.25) is 0 Å². The summed E-state index contributed by atoms with van der Waals surface area (Å²) in [6.45, 7) is 5.87. The van der Waals surface area contributed by atoms with Crippen LogP contribution in [0.3, 0.4) is 0 Å². The first kappa shape index (κ1) is 8.73. The van der Waals surface area contributed by atoms with Gasteiger partial charge in [-0.2, -0.15) is 0 Å². The third-order valence-electron chi connectivity index (χ3n) is 2.50. The summed E-state index contributed by atoms with van der Waals surface area (Å²) in [6.07, 6.45) is 0.250. The Morgan fingerprint density at radius 2 is 2.23 bits per heavy atom. The average molecular weight is 177 g/mol. The van der Waals surface area contributed by atoms with Gasteiger partial charge in [0.1, 0.15) is 0 Å². The predicted octanol–water partition coefficient (Wildman–Crippen LogP) is 1.92.